The van der Waals surface area contributed by atoms with Crippen LogP contribution in [-0.4, -0.2) is 49.7 Å². The van der Waals surface area contributed by atoms with Gasteiger partial charge in [0.05, 0.1) is 16.0 Å². The molecule has 0 spiro atoms. The fourth-order valence-electron chi connectivity index (χ4n) is 3.39. The lowest BCUT2D eigenvalue weighted by molar-refractivity contribution is -0.138. The molecule has 0 aliphatic carbocycles. The standard InChI is InChI=1S/C21H23F3N2O3S/c1-15(2)16-7-9-17(10-8-16)30(28,29)26-13-11-25(12-14-26)20(27)18-5-3-4-6-19(18)21(22,23)24/h3-10,15H,11-14H2,1-2H3. The third kappa shape index (κ3) is 4.52. The molecule has 0 N–H and O–H groups in total. The Morgan fingerprint density at radius 2 is 1.50 bits per heavy atom. The third-order valence-electron chi connectivity index (χ3n) is 5.17. The number of sulfonamides is 1. The molecule has 0 aromatic heterocycles. The number of rotatable bonds is 4. The molecule has 1 fully saturated rings. The number of nitrogens with zero attached hydrogens (tertiary/aromatic N) is 2. The Morgan fingerprint density at radius 1 is 0.933 bits per heavy atom. The number of carbonyl (C=O) groups is 1. The summed E-state index contributed by atoms with van der Waals surface area (Å²) in [6, 6.07) is 11.3. The van der Waals surface area contributed by atoms with Gasteiger partial charge in [-0.05, 0) is 35.7 Å². The summed E-state index contributed by atoms with van der Waals surface area (Å²) in [6.45, 7) is 4.11. The zero-order valence-electron chi connectivity index (χ0n) is 16.7. The van der Waals surface area contributed by atoms with E-state index in [1.54, 1.807) is 24.3 Å². The van der Waals surface area contributed by atoms with E-state index < -0.39 is 33.2 Å². The second kappa shape index (κ2) is 8.39. The molecule has 9 heteroatoms. The van der Waals surface area contributed by atoms with Gasteiger partial charge in [-0.2, -0.15) is 17.5 Å². The molecule has 0 radical (unpaired) electrons. The molecule has 0 bridgehead atoms. The van der Waals surface area contributed by atoms with Crippen molar-refractivity contribution in [2.45, 2.75) is 30.8 Å². The largest absolute Gasteiger partial charge is 0.417 e. The van der Waals surface area contributed by atoms with Gasteiger partial charge in [0.25, 0.3) is 5.91 Å². The van der Waals surface area contributed by atoms with E-state index in [0.717, 1.165) is 17.7 Å². The Bertz CT molecular complexity index is 1010. The van der Waals surface area contributed by atoms with E-state index in [4.69, 9.17) is 0 Å². The molecule has 5 nitrogen and oxygen atoms in total. The first kappa shape index (κ1) is 22.3. The van der Waals surface area contributed by atoms with Gasteiger partial charge in [0, 0.05) is 26.2 Å². The van der Waals surface area contributed by atoms with Crippen molar-refractivity contribution >= 4 is 15.9 Å². The summed E-state index contributed by atoms with van der Waals surface area (Å²) in [4.78, 5) is 14.1. The van der Waals surface area contributed by atoms with Crippen molar-refractivity contribution in [3.63, 3.8) is 0 Å². The quantitative estimate of drug-likeness (QED) is 0.723. The highest BCUT2D eigenvalue weighted by molar-refractivity contribution is 7.89. The molecule has 1 aliphatic rings. The van der Waals surface area contributed by atoms with Gasteiger partial charge in [-0.1, -0.05) is 38.1 Å². The highest BCUT2D eigenvalue weighted by Gasteiger charge is 2.37. The average molecular weight is 440 g/mol. The molecule has 1 saturated heterocycles. The van der Waals surface area contributed by atoms with Gasteiger partial charge in [-0.25, -0.2) is 8.42 Å². The predicted octanol–water partition coefficient (Wildman–Crippen LogP) is 3.98. The minimum atomic E-state index is -4.64. The molecular formula is C21H23F3N2O3S. The maximum Gasteiger partial charge on any atom is 0.417 e. The van der Waals surface area contributed by atoms with Crippen LogP contribution in [-0.2, 0) is 16.2 Å². The van der Waals surface area contributed by atoms with Crippen LogP contribution in [0.5, 0.6) is 0 Å². The van der Waals surface area contributed by atoms with Crippen molar-refractivity contribution in [2.24, 2.45) is 0 Å². The van der Waals surface area contributed by atoms with Gasteiger partial charge >= 0.3 is 6.18 Å². The van der Waals surface area contributed by atoms with Crippen LogP contribution < -0.4 is 0 Å². The molecule has 1 amide bonds. The number of piperazine rings is 1. The maximum atomic E-state index is 13.2. The Balaban J connectivity index is 1.72. The van der Waals surface area contributed by atoms with Crippen LogP contribution in [0, 0.1) is 0 Å². The Kier molecular flexibility index (Phi) is 6.24. The van der Waals surface area contributed by atoms with Crippen LogP contribution in [0.2, 0.25) is 0 Å². The summed E-state index contributed by atoms with van der Waals surface area (Å²) in [5.74, 6) is -0.475. The van der Waals surface area contributed by atoms with Crippen molar-refractivity contribution in [3.05, 3.63) is 65.2 Å². The topological polar surface area (TPSA) is 57.7 Å². The van der Waals surface area contributed by atoms with Gasteiger partial charge in [-0.3, -0.25) is 4.79 Å². The van der Waals surface area contributed by atoms with E-state index in [9.17, 15) is 26.4 Å². The lowest BCUT2D eigenvalue weighted by Crippen LogP contribution is -2.50. The van der Waals surface area contributed by atoms with Crippen LogP contribution in [0.3, 0.4) is 0 Å². The summed E-state index contributed by atoms with van der Waals surface area (Å²) in [5.41, 5.74) is -0.395. The highest BCUT2D eigenvalue weighted by atomic mass is 32.2. The minimum Gasteiger partial charge on any atom is -0.336 e. The fourth-order valence-corrected chi connectivity index (χ4v) is 4.81. The second-order valence-corrected chi connectivity index (χ2v) is 9.40. The van der Waals surface area contributed by atoms with Gasteiger partial charge in [0.1, 0.15) is 0 Å². The van der Waals surface area contributed by atoms with Crippen LogP contribution >= 0.6 is 0 Å². The van der Waals surface area contributed by atoms with E-state index in [2.05, 4.69) is 0 Å². The van der Waals surface area contributed by atoms with E-state index in [1.807, 2.05) is 13.8 Å². The number of halogens is 3. The number of benzene rings is 2. The van der Waals surface area contributed by atoms with Gasteiger partial charge in [-0.15, -0.1) is 0 Å². The molecular weight excluding hydrogens is 417 g/mol. The van der Waals surface area contributed by atoms with Crippen LogP contribution in [0.1, 0.15) is 41.3 Å². The monoisotopic (exact) mass is 440 g/mol. The minimum absolute atomic E-state index is 0.0220. The molecule has 3 rings (SSSR count). The summed E-state index contributed by atoms with van der Waals surface area (Å²) < 4.78 is 66.6. The molecule has 30 heavy (non-hydrogen) atoms. The molecule has 1 aliphatic heterocycles. The van der Waals surface area contributed by atoms with Crippen LogP contribution in [0.15, 0.2) is 53.4 Å². The number of carbonyl (C=O) groups excluding carboxylic acids is 1. The van der Waals surface area contributed by atoms with Gasteiger partial charge in [0.2, 0.25) is 10.0 Å². The normalized spacial score (nSPS) is 16.1. The Morgan fingerprint density at radius 3 is 2.03 bits per heavy atom. The number of amides is 1. The molecule has 0 atom stereocenters. The fraction of sp³-hybridized carbons (Fsp3) is 0.381. The van der Waals surface area contributed by atoms with Gasteiger partial charge < -0.3 is 4.90 Å². The number of hydrogen-bond acceptors (Lipinski definition) is 3. The van der Waals surface area contributed by atoms with Crippen molar-refractivity contribution in [1.82, 2.24) is 9.21 Å². The zero-order chi connectivity index (χ0) is 22.1. The smallest absolute Gasteiger partial charge is 0.336 e. The van der Waals surface area contributed by atoms with Crippen LogP contribution in [0.4, 0.5) is 13.2 Å². The lowest BCUT2D eigenvalue weighted by atomic mass is 10.0. The van der Waals surface area contributed by atoms with Crippen LogP contribution in [0.25, 0.3) is 0 Å². The van der Waals surface area contributed by atoms with Crippen molar-refractivity contribution in [1.29, 1.82) is 0 Å². The zero-order valence-corrected chi connectivity index (χ0v) is 17.5. The summed E-state index contributed by atoms with van der Waals surface area (Å²) in [7, 11) is -3.73. The maximum absolute atomic E-state index is 13.2. The number of alkyl halides is 3. The van der Waals surface area contributed by atoms with Crippen molar-refractivity contribution in [3.8, 4) is 0 Å². The predicted molar refractivity (Wildman–Crippen MR) is 107 cm³/mol. The molecule has 1 heterocycles. The van der Waals surface area contributed by atoms with Gasteiger partial charge in [0.15, 0.2) is 0 Å². The first-order valence-electron chi connectivity index (χ1n) is 9.57. The number of hydrogen-bond donors (Lipinski definition) is 0. The SMILES string of the molecule is CC(C)c1ccc(S(=O)(=O)N2CCN(C(=O)c3ccccc3C(F)(F)F)CC2)cc1. The van der Waals surface area contributed by atoms with Crippen molar-refractivity contribution in [2.75, 3.05) is 26.2 Å². The third-order valence-corrected chi connectivity index (χ3v) is 7.09. The van der Waals surface area contributed by atoms with Crippen molar-refractivity contribution < 1.29 is 26.4 Å². The second-order valence-electron chi connectivity index (χ2n) is 7.46. The van der Waals surface area contributed by atoms with E-state index in [-0.39, 0.29) is 37.0 Å². The first-order chi connectivity index (χ1) is 14.0. The Labute approximate surface area is 174 Å². The van der Waals surface area contributed by atoms with E-state index in [0.29, 0.717) is 0 Å². The summed E-state index contributed by atoms with van der Waals surface area (Å²) >= 11 is 0. The van der Waals surface area contributed by atoms with E-state index in [1.165, 1.54) is 21.3 Å². The molecule has 0 unspecified atom stereocenters. The average Bonchev–Trinajstić information content (AvgIpc) is 2.72. The first-order valence-corrected chi connectivity index (χ1v) is 11.0. The summed E-state index contributed by atoms with van der Waals surface area (Å²) in [5, 5.41) is 0. The highest BCUT2D eigenvalue weighted by Crippen LogP contribution is 2.32. The lowest BCUT2D eigenvalue weighted by Gasteiger charge is -2.34. The molecule has 162 valence electrons. The molecule has 0 saturated carbocycles. The molecule has 2 aromatic rings. The Hall–Kier alpha value is -2.39. The van der Waals surface area contributed by atoms with E-state index >= 15 is 0 Å². The summed E-state index contributed by atoms with van der Waals surface area (Å²) in [6.07, 6.45) is -4.64. The molecule has 2 aromatic carbocycles.